The van der Waals surface area contributed by atoms with E-state index in [1.807, 2.05) is 30.3 Å². The zero-order valence-electron chi connectivity index (χ0n) is 18.4. The van der Waals surface area contributed by atoms with E-state index in [1.54, 1.807) is 53.4 Å². The van der Waals surface area contributed by atoms with E-state index in [0.717, 1.165) is 11.3 Å². The average molecular weight is 496 g/mol. The van der Waals surface area contributed by atoms with Crippen LogP contribution in [0.15, 0.2) is 83.8 Å². The fourth-order valence-corrected chi connectivity index (χ4v) is 6.94. The van der Waals surface area contributed by atoms with E-state index in [1.165, 1.54) is 16.1 Å². The Morgan fingerprint density at radius 2 is 1.44 bits per heavy atom. The number of carbonyl (C=O) groups is 1. The summed E-state index contributed by atoms with van der Waals surface area (Å²) in [5, 5.41) is 9.35. The summed E-state index contributed by atoms with van der Waals surface area (Å²) >= 11 is 1.51. The van der Waals surface area contributed by atoms with Gasteiger partial charge < -0.3 is 10.0 Å². The second kappa shape index (κ2) is 9.32. The van der Waals surface area contributed by atoms with E-state index < -0.39 is 10.0 Å². The molecular weight excluding hydrogens is 470 g/mol. The van der Waals surface area contributed by atoms with E-state index in [9.17, 15) is 18.3 Å². The van der Waals surface area contributed by atoms with Crippen molar-refractivity contribution in [1.29, 1.82) is 0 Å². The second-order valence-corrected chi connectivity index (χ2v) is 11.2. The van der Waals surface area contributed by atoms with Crippen molar-refractivity contribution < 1.29 is 18.3 Å². The predicted molar refractivity (Wildman–Crippen MR) is 135 cm³/mol. The van der Waals surface area contributed by atoms with Crippen molar-refractivity contribution in [1.82, 2.24) is 4.31 Å². The molecule has 2 heterocycles. The number of aromatic hydroxyl groups is 1. The van der Waals surface area contributed by atoms with E-state index in [4.69, 9.17) is 0 Å². The third-order valence-electron chi connectivity index (χ3n) is 6.16. The minimum absolute atomic E-state index is 0.0317. The molecule has 3 aromatic carbocycles. The lowest BCUT2D eigenvalue weighted by Gasteiger charge is -2.35. The molecule has 2 aliphatic heterocycles. The number of nitrogens with zero attached hydrogens (tertiary/aromatic N) is 3. The van der Waals surface area contributed by atoms with Crippen LogP contribution in [0, 0.1) is 0 Å². The van der Waals surface area contributed by atoms with Crippen LogP contribution in [0.5, 0.6) is 5.75 Å². The number of hydrogen-bond acceptors (Lipinski definition) is 6. The molecule has 0 radical (unpaired) electrons. The minimum atomic E-state index is -3.62. The molecule has 0 aliphatic carbocycles. The summed E-state index contributed by atoms with van der Waals surface area (Å²) in [7, 11) is -3.62. The lowest BCUT2D eigenvalue weighted by Crippen LogP contribution is -2.48. The van der Waals surface area contributed by atoms with Crippen LogP contribution in [0.25, 0.3) is 0 Å². The number of sulfonamides is 1. The van der Waals surface area contributed by atoms with Crippen molar-refractivity contribution in [3.8, 4) is 5.75 Å². The van der Waals surface area contributed by atoms with E-state index in [-0.39, 0.29) is 21.9 Å². The van der Waals surface area contributed by atoms with Crippen molar-refractivity contribution >= 4 is 39.1 Å². The van der Waals surface area contributed by atoms with Crippen LogP contribution >= 0.6 is 11.8 Å². The molecule has 2 saturated heterocycles. The molecule has 9 heteroatoms. The molecule has 2 aliphatic rings. The van der Waals surface area contributed by atoms with Crippen LogP contribution in [0.1, 0.15) is 10.9 Å². The first-order chi connectivity index (χ1) is 16.4. The van der Waals surface area contributed by atoms with Gasteiger partial charge in [0.05, 0.1) is 10.6 Å². The third-order valence-corrected chi connectivity index (χ3v) is 9.28. The van der Waals surface area contributed by atoms with Crippen LogP contribution in [0.4, 0.5) is 11.4 Å². The monoisotopic (exact) mass is 495 g/mol. The Balaban J connectivity index is 1.31. The van der Waals surface area contributed by atoms with E-state index in [2.05, 4.69) is 4.90 Å². The summed E-state index contributed by atoms with van der Waals surface area (Å²) in [5.41, 5.74) is 2.66. The molecule has 176 valence electrons. The van der Waals surface area contributed by atoms with Gasteiger partial charge in [-0.3, -0.25) is 9.69 Å². The van der Waals surface area contributed by atoms with Crippen LogP contribution < -0.4 is 9.80 Å². The maximum absolute atomic E-state index is 13.2. The highest BCUT2D eigenvalue weighted by molar-refractivity contribution is 8.00. The first kappa shape index (κ1) is 22.8. The number of phenolic OH excluding ortho intramolecular Hbond substituents is 1. The molecule has 1 atom stereocenters. The van der Waals surface area contributed by atoms with Crippen molar-refractivity contribution in [2.24, 2.45) is 0 Å². The predicted octanol–water partition coefficient (Wildman–Crippen LogP) is 3.68. The fraction of sp³-hybridized carbons (Fsp3) is 0.240. The lowest BCUT2D eigenvalue weighted by atomic mass is 10.2. The number of phenols is 1. The largest absolute Gasteiger partial charge is 0.508 e. The Bertz CT molecular complexity index is 1260. The topological polar surface area (TPSA) is 81.2 Å². The van der Waals surface area contributed by atoms with Gasteiger partial charge in [-0.2, -0.15) is 4.31 Å². The van der Waals surface area contributed by atoms with Gasteiger partial charge in [-0.15, -0.1) is 11.8 Å². The SMILES string of the molecule is O=C1CSC(c2ccc(O)cc2)N1c1ccc(S(=O)(=O)N2CCN(c3ccccc3)CC2)cc1. The third kappa shape index (κ3) is 4.38. The number of carbonyl (C=O) groups excluding carboxylic acids is 1. The van der Waals surface area contributed by atoms with Gasteiger partial charge >= 0.3 is 0 Å². The number of piperazine rings is 1. The van der Waals surface area contributed by atoms with Gasteiger partial charge in [-0.25, -0.2) is 8.42 Å². The molecule has 0 spiro atoms. The van der Waals surface area contributed by atoms with Crippen LogP contribution in [0.2, 0.25) is 0 Å². The van der Waals surface area contributed by atoms with Crippen molar-refractivity contribution in [2.75, 3.05) is 41.7 Å². The molecule has 5 rings (SSSR count). The quantitative estimate of drug-likeness (QED) is 0.582. The number of thioether (sulfide) groups is 1. The summed E-state index contributed by atoms with van der Waals surface area (Å²) < 4.78 is 28.0. The Morgan fingerprint density at radius 1 is 0.794 bits per heavy atom. The minimum Gasteiger partial charge on any atom is -0.508 e. The second-order valence-electron chi connectivity index (χ2n) is 8.24. The molecule has 3 aromatic rings. The molecule has 2 fully saturated rings. The van der Waals surface area contributed by atoms with Gasteiger partial charge in [0.15, 0.2) is 0 Å². The van der Waals surface area contributed by atoms with Gasteiger partial charge in [0, 0.05) is 37.6 Å². The van der Waals surface area contributed by atoms with Crippen molar-refractivity contribution in [2.45, 2.75) is 10.3 Å². The molecule has 0 aromatic heterocycles. The van der Waals surface area contributed by atoms with Crippen LogP contribution in [0.3, 0.4) is 0 Å². The van der Waals surface area contributed by atoms with E-state index in [0.29, 0.717) is 37.6 Å². The smallest absolute Gasteiger partial charge is 0.243 e. The standard InChI is InChI=1S/C25H25N3O4S2/c29-22-10-6-19(7-11-22)25-28(24(30)18-33-25)21-8-12-23(13-9-21)34(31,32)27-16-14-26(15-17-27)20-4-2-1-3-5-20/h1-13,25,29H,14-18H2. The van der Waals surface area contributed by atoms with Gasteiger partial charge in [0.2, 0.25) is 15.9 Å². The van der Waals surface area contributed by atoms with Crippen LogP contribution in [-0.4, -0.2) is 55.7 Å². The summed E-state index contributed by atoms with van der Waals surface area (Å²) in [5.74, 6) is 0.483. The molecular formula is C25H25N3O4S2. The number of anilines is 2. The summed E-state index contributed by atoms with van der Waals surface area (Å²) in [6.07, 6.45) is 0. The van der Waals surface area contributed by atoms with Gasteiger partial charge in [0.25, 0.3) is 0 Å². The molecule has 34 heavy (non-hydrogen) atoms. The summed E-state index contributed by atoms with van der Waals surface area (Å²) in [6, 6.07) is 23.4. The number of para-hydroxylation sites is 1. The summed E-state index contributed by atoms with van der Waals surface area (Å²) in [4.78, 5) is 16.7. The number of rotatable bonds is 5. The Labute approximate surface area is 203 Å². The first-order valence-electron chi connectivity index (χ1n) is 11.1. The van der Waals surface area contributed by atoms with Crippen molar-refractivity contribution in [3.05, 3.63) is 84.4 Å². The number of amides is 1. The summed E-state index contributed by atoms with van der Waals surface area (Å²) in [6.45, 7) is 2.11. The maximum atomic E-state index is 13.2. The molecule has 1 amide bonds. The fourth-order valence-electron chi connectivity index (χ4n) is 4.34. The zero-order chi connectivity index (χ0) is 23.7. The zero-order valence-corrected chi connectivity index (χ0v) is 20.1. The normalized spacial score (nSPS) is 19.5. The maximum Gasteiger partial charge on any atom is 0.243 e. The highest BCUT2D eigenvalue weighted by Gasteiger charge is 2.35. The molecule has 0 saturated carbocycles. The highest BCUT2D eigenvalue weighted by atomic mass is 32.2. The molecule has 1 unspecified atom stereocenters. The Hall–Kier alpha value is -3.01. The highest BCUT2D eigenvalue weighted by Crippen LogP contribution is 2.42. The van der Waals surface area contributed by atoms with Crippen LogP contribution in [-0.2, 0) is 14.8 Å². The first-order valence-corrected chi connectivity index (χ1v) is 13.6. The van der Waals surface area contributed by atoms with E-state index >= 15 is 0 Å². The molecule has 1 N–H and O–H groups in total. The lowest BCUT2D eigenvalue weighted by molar-refractivity contribution is -0.115. The Kier molecular flexibility index (Phi) is 6.24. The van der Waals surface area contributed by atoms with Gasteiger partial charge in [0.1, 0.15) is 11.1 Å². The number of benzene rings is 3. The van der Waals surface area contributed by atoms with Gasteiger partial charge in [-0.05, 0) is 54.1 Å². The Morgan fingerprint density at radius 3 is 2.09 bits per heavy atom. The average Bonchev–Trinajstić information content (AvgIpc) is 3.26. The van der Waals surface area contributed by atoms with Crippen molar-refractivity contribution in [3.63, 3.8) is 0 Å². The molecule has 0 bridgehead atoms. The van der Waals surface area contributed by atoms with Gasteiger partial charge in [-0.1, -0.05) is 30.3 Å². The number of hydrogen-bond donors (Lipinski definition) is 1. The molecule has 7 nitrogen and oxygen atoms in total.